The van der Waals surface area contributed by atoms with Gasteiger partial charge < -0.3 is 15.5 Å². The minimum atomic E-state index is -4.93. The maximum atomic E-state index is 14.1. The van der Waals surface area contributed by atoms with Crippen LogP contribution in [0.25, 0.3) is 5.57 Å². The van der Waals surface area contributed by atoms with Crippen molar-refractivity contribution in [2.75, 3.05) is 15.8 Å². The second-order valence-corrected chi connectivity index (χ2v) is 9.98. The molecule has 1 amide bonds. The number of rotatable bonds is 9. The van der Waals surface area contributed by atoms with E-state index in [1.165, 1.54) is 12.2 Å². The average Bonchev–Trinajstić information content (AvgIpc) is 2.80. The number of phenolic OH excluding ortho intramolecular Hbond substituents is 1. The molecular weight excluding hydrogens is 501 g/mol. The zero-order valence-electron chi connectivity index (χ0n) is 18.7. The number of halogens is 3. The molecule has 12 heteroatoms. The summed E-state index contributed by atoms with van der Waals surface area (Å²) >= 11 is 0. The number of aromatic hydroxyl groups is 1. The molecule has 0 radical (unpaired) electrons. The van der Waals surface area contributed by atoms with Gasteiger partial charge in [-0.25, -0.2) is 8.42 Å². The van der Waals surface area contributed by atoms with Crippen LogP contribution in [-0.4, -0.2) is 42.4 Å². The first-order chi connectivity index (χ1) is 16.8. The number of carbonyl (C=O) groups excluding carboxylic acids is 1. The molecule has 0 aliphatic heterocycles. The first kappa shape index (κ1) is 26.8. The van der Waals surface area contributed by atoms with Crippen LogP contribution in [0.15, 0.2) is 66.8 Å². The van der Waals surface area contributed by atoms with E-state index in [0.717, 1.165) is 24.3 Å². The van der Waals surface area contributed by atoms with Gasteiger partial charge in [-0.1, -0.05) is 48.6 Å². The van der Waals surface area contributed by atoms with E-state index in [2.05, 4.69) is 5.32 Å². The molecule has 3 rings (SSSR count). The standard InChI is InChI=1S/C24H23F3N2O6S/c25-24(26,27)23(12-10-17(11-13-23)16-5-2-1-3-6-16)22(33)28-18-8-9-20(30)19(15-18)29-36(34,35)14-4-7-21(31)32/h1-3,5-6,8-12,15,29-30H,4,7,13-14H2,(H,28,33)(H,31,32). The fourth-order valence-electron chi connectivity index (χ4n) is 3.56. The Morgan fingerprint density at radius 2 is 1.78 bits per heavy atom. The molecule has 36 heavy (non-hydrogen) atoms. The third-order valence-electron chi connectivity index (χ3n) is 5.53. The van der Waals surface area contributed by atoms with Crippen molar-refractivity contribution in [3.05, 3.63) is 72.3 Å². The summed E-state index contributed by atoms with van der Waals surface area (Å²) < 4.78 is 68.7. The van der Waals surface area contributed by atoms with Crippen LogP contribution in [0.3, 0.4) is 0 Å². The van der Waals surface area contributed by atoms with E-state index in [0.29, 0.717) is 11.1 Å². The number of hydrogen-bond acceptors (Lipinski definition) is 5. The van der Waals surface area contributed by atoms with Crippen molar-refractivity contribution in [3.63, 3.8) is 0 Å². The van der Waals surface area contributed by atoms with Crippen molar-refractivity contribution in [3.8, 4) is 5.75 Å². The van der Waals surface area contributed by atoms with Crippen LogP contribution in [0.2, 0.25) is 0 Å². The molecule has 0 saturated carbocycles. The lowest BCUT2D eigenvalue weighted by atomic mass is 9.77. The third kappa shape index (κ3) is 6.25. The number of allylic oxidation sites excluding steroid dienone is 3. The summed E-state index contributed by atoms with van der Waals surface area (Å²) in [7, 11) is -4.07. The molecule has 1 aliphatic rings. The predicted octanol–water partition coefficient (Wildman–Crippen LogP) is 4.53. The normalized spacial score (nSPS) is 17.8. The number of carboxylic acid groups (broad SMARTS) is 1. The lowest BCUT2D eigenvalue weighted by Gasteiger charge is -2.33. The van der Waals surface area contributed by atoms with Crippen molar-refractivity contribution >= 4 is 38.8 Å². The Bertz CT molecular complexity index is 1310. The number of phenols is 1. The first-order valence-electron chi connectivity index (χ1n) is 10.7. The second-order valence-electron chi connectivity index (χ2n) is 8.14. The summed E-state index contributed by atoms with van der Waals surface area (Å²) in [6.07, 6.45) is -2.80. The summed E-state index contributed by atoms with van der Waals surface area (Å²) in [5, 5.41) is 20.8. The molecule has 0 saturated heterocycles. The van der Waals surface area contributed by atoms with Gasteiger partial charge in [-0.15, -0.1) is 0 Å². The van der Waals surface area contributed by atoms with Gasteiger partial charge in [0.1, 0.15) is 5.75 Å². The number of anilines is 2. The van der Waals surface area contributed by atoms with Gasteiger partial charge in [0, 0.05) is 12.1 Å². The van der Waals surface area contributed by atoms with E-state index < -0.39 is 57.8 Å². The maximum absolute atomic E-state index is 14.1. The minimum absolute atomic E-state index is 0.184. The zero-order chi connectivity index (χ0) is 26.6. The molecule has 0 aromatic heterocycles. The van der Waals surface area contributed by atoms with Crippen LogP contribution in [0.4, 0.5) is 24.5 Å². The van der Waals surface area contributed by atoms with E-state index in [1.807, 2.05) is 4.72 Å². The van der Waals surface area contributed by atoms with Crippen LogP contribution in [-0.2, 0) is 19.6 Å². The largest absolute Gasteiger partial charge is 0.506 e. The van der Waals surface area contributed by atoms with Crippen molar-refractivity contribution in [2.24, 2.45) is 5.41 Å². The fourth-order valence-corrected chi connectivity index (χ4v) is 4.69. The van der Waals surface area contributed by atoms with E-state index >= 15 is 0 Å². The lowest BCUT2D eigenvalue weighted by molar-refractivity contribution is -0.203. The van der Waals surface area contributed by atoms with Crippen molar-refractivity contribution in [1.82, 2.24) is 0 Å². The molecule has 1 aliphatic carbocycles. The van der Waals surface area contributed by atoms with Gasteiger partial charge in [-0.3, -0.25) is 14.3 Å². The van der Waals surface area contributed by atoms with E-state index in [-0.39, 0.29) is 17.8 Å². The second kappa shape index (κ2) is 10.4. The van der Waals surface area contributed by atoms with E-state index in [9.17, 15) is 36.3 Å². The molecule has 2 aromatic carbocycles. The fraction of sp³-hybridized carbons (Fsp3) is 0.250. The Kier molecular flexibility index (Phi) is 7.77. The number of nitrogens with one attached hydrogen (secondary N) is 2. The summed E-state index contributed by atoms with van der Waals surface area (Å²) in [5.41, 5.74) is -2.19. The molecule has 1 atom stereocenters. The van der Waals surface area contributed by atoms with Gasteiger partial charge in [0.15, 0.2) is 5.41 Å². The zero-order valence-corrected chi connectivity index (χ0v) is 19.6. The lowest BCUT2D eigenvalue weighted by Crippen LogP contribution is -2.47. The highest BCUT2D eigenvalue weighted by Crippen LogP contribution is 2.47. The number of alkyl halides is 3. The van der Waals surface area contributed by atoms with E-state index in [1.54, 1.807) is 30.3 Å². The van der Waals surface area contributed by atoms with Gasteiger partial charge >= 0.3 is 12.1 Å². The van der Waals surface area contributed by atoms with Crippen LogP contribution < -0.4 is 10.0 Å². The number of amides is 1. The number of hydrogen-bond donors (Lipinski definition) is 4. The predicted molar refractivity (Wildman–Crippen MR) is 128 cm³/mol. The molecule has 0 bridgehead atoms. The summed E-state index contributed by atoms with van der Waals surface area (Å²) in [6, 6.07) is 11.8. The Morgan fingerprint density at radius 1 is 1.08 bits per heavy atom. The van der Waals surface area contributed by atoms with Gasteiger partial charge in [-0.2, -0.15) is 13.2 Å². The molecule has 192 valence electrons. The molecule has 0 spiro atoms. The molecule has 1 unspecified atom stereocenters. The van der Waals surface area contributed by atoms with Crippen LogP contribution in [0.1, 0.15) is 24.8 Å². The average molecular weight is 525 g/mol. The first-order valence-corrected chi connectivity index (χ1v) is 12.4. The summed E-state index contributed by atoms with van der Waals surface area (Å²) in [5.74, 6) is -3.66. The topological polar surface area (TPSA) is 133 Å². The summed E-state index contributed by atoms with van der Waals surface area (Å²) in [6.45, 7) is 0. The Labute approximate surface area is 205 Å². The molecule has 2 aromatic rings. The highest BCUT2D eigenvalue weighted by Gasteiger charge is 2.58. The smallest absolute Gasteiger partial charge is 0.406 e. The molecular formula is C24H23F3N2O6S. The number of carbonyl (C=O) groups is 2. The van der Waals surface area contributed by atoms with Crippen molar-refractivity contribution < 1.29 is 41.4 Å². The monoisotopic (exact) mass is 524 g/mol. The van der Waals surface area contributed by atoms with Crippen LogP contribution in [0, 0.1) is 5.41 Å². The third-order valence-corrected chi connectivity index (χ3v) is 6.89. The van der Waals surface area contributed by atoms with Gasteiger partial charge in [0.25, 0.3) is 0 Å². The van der Waals surface area contributed by atoms with Gasteiger partial charge in [0.05, 0.1) is 11.4 Å². The molecule has 0 fully saturated rings. The molecule has 8 nitrogen and oxygen atoms in total. The Morgan fingerprint density at radius 3 is 2.36 bits per heavy atom. The highest BCUT2D eigenvalue weighted by molar-refractivity contribution is 7.92. The van der Waals surface area contributed by atoms with Crippen molar-refractivity contribution in [1.29, 1.82) is 0 Å². The molecule has 0 heterocycles. The maximum Gasteiger partial charge on any atom is 0.406 e. The summed E-state index contributed by atoms with van der Waals surface area (Å²) in [4.78, 5) is 23.5. The Balaban J connectivity index is 1.80. The van der Waals surface area contributed by atoms with E-state index in [4.69, 9.17) is 5.11 Å². The van der Waals surface area contributed by atoms with Gasteiger partial charge in [-0.05, 0) is 42.2 Å². The SMILES string of the molecule is O=C(O)CCCS(=O)(=O)Nc1cc(NC(=O)C2(C(F)(F)F)C=CC(c3ccccc3)=CC2)ccc1O. The van der Waals surface area contributed by atoms with Gasteiger partial charge in [0.2, 0.25) is 15.9 Å². The van der Waals surface area contributed by atoms with Crippen molar-refractivity contribution in [2.45, 2.75) is 25.4 Å². The number of sulfonamides is 1. The van der Waals surface area contributed by atoms with Crippen LogP contribution in [0.5, 0.6) is 5.75 Å². The van der Waals surface area contributed by atoms with Crippen LogP contribution >= 0.6 is 0 Å². The number of carboxylic acids is 1. The number of aliphatic carboxylic acids is 1. The Hall–Kier alpha value is -3.80. The highest BCUT2D eigenvalue weighted by atomic mass is 32.2. The quantitative estimate of drug-likeness (QED) is 0.282. The molecule has 4 N–H and O–H groups in total. The number of benzene rings is 2. The minimum Gasteiger partial charge on any atom is -0.506 e.